The Morgan fingerprint density at radius 3 is 2.28 bits per heavy atom. The number of carbonyl (C=O) groups excluding carboxylic acids is 1. The average Bonchev–Trinajstić information content (AvgIpc) is 2.79. The molecule has 0 aliphatic carbocycles. The first-order chi connectivity index (χ1) is 15.2. The van der Waals surface area contributed by atoms with Gasteiger partial charge >= 0.3 is 0 Å². The minimum Gasteiger partial charge on any atom is -0.385 e. The molecule has 0 radical (unpaired) electrons. The Hall–Kier alpha value is -1.68. The van der Waals surface area contributed by atoms with Gasteiger partial charge in [-0.3, -0.25) is 4.79 Å². The molecule has 2 heterocycles. The van der Waals surface area contributed by atoms with Crippen molar-refractivity contribution < 1.29 is 23.1 Å². The third-order valence-electron chi connectivity index (χ3n) is 6.04. The van der Waals surface area contributed by atoms with Crippen molar-refractivity contribution in [3.05, 3.63) is 64.1 Å². The second-order valence-corrected chi connectivity index (χ2v) is 10.7. The van der Waals surface area contributed by atoms with Crippen molar-refractivity contribution in [1.29, 1.82) is 0 Å². The van der Waals surface area contributed by atoms with E-state index in [0.717, 1.165) is 0 Å². The van der Waals surface area contributed by atoms with Crippen molar-refractivity contribution >= 4 is 39.1 Å². The van der Waals surface area contributed by atoms with Gasteiger partial charge in [0.05, 0.1) is 17.2 Å². The molecule has 172 valence electrons. The van der Waals surface area contributed by atoms with E-state index in [1.807, 2.05) is 6.07 Å². The molecule has 0 saturated carbocycles. The van der Waals surface area contributed by atoms with Crippen LogP contribution in [0.15, 0.2) is 53.4 Å². The third-order valence-corrected chi connectivity index (χ3v) is 8.73. The number of benzene rings is 2. The van der Waals surface area contributed by atoms with Crippen molar-refractivity contribution in [1.82, 2.24) is 9.21 Å². The van der Waals surface area contributed by atoms with Crippen LogP contribution in [-0.2, 0) is 25.2 Å². The summed E-state index contributed by atoms with van der Waals surface area (Å²) < 4.78 is 33.0. The molecule has 1 unspecified atom stereocenters. The van der Waals surface area contributed by atoms with Crippen LogP contribution >= 0.6 is 23.2 Å². The minimum absolute atomic E-state index is 0.0116. The Morgan fingerprint density at radius 1 is 1.00 bits per heavy atom. The highest BCUT2D eigenvalue weighted by Gasteiger charge is 2.41. The van der Waals surface area contributed by atoms with Crippen LogP contribution in [0.25, 0.3) is 0 Å². The lowest BCUT2D eigenvalue weighted by Gasteiger charge is -2.41. The predicted molar refractivity (Wildman–Crippen MR) is 121 cm³/mol. The molecule has 2 aliphatic rings. The van der Waals surface area contributed by atoms with Crippen molar-refractivity contribution in [2.75, 3.05) is 32.8 Å². The van der Waals surface area contributed by atoms with Gasteiger partial charge in [0.25, 0.3) is 5.91 Å². The van der Waals surface area contributed by atoms with Gasteiger partial charge < -0.3 is 14.7 Å². The summed E-state index contributed by atoms with van der Waals surface area (Å²) in [6.45, 7) is 0.800. The highest BCUT2D eigenvalue weighted by molar-refractivity contribution is 7.89. The molecular weight excluding hydrogens is 475 g/mol. The minimum atomic E-state index is -3.85. The van der Waals surface area contributed by atoms with Crippen molar-refractivity contribution in [3.63, 3.8) is 0 Å². The summed E-state index contributed by atoms with van der Waals surface area (Å²) in [5.41, 5.74) is -0.457. The summed E-state index contributed by atoms with van der Waals surface area (Å²) in [4.78, 5) is 14.7. The maximum absolute atomic E-state index is 13.1. The van der Waals surface area contributed by atoms with Gasteiger partial charge in [-0.25, -0.2) is 8.42 Å². The topological polar surface area (TPSA) is 87.2 Å². The highest BCUT2D eigenvalue weighted by atomic mass is 35.5. The number of amides is 1. The van der Waals surface area contributed by atoms with Crippen LogP contribution < -0.4 is 0 Å². The number of halogens is 2. The quantitative estimate of drug-likeness (QED) is 0.699. The fourth-order valence-corrected chi connectivity index (χ4v) is 6.42. The highest BCUT2D eigenvalue weighted by Crippen LogP contribution is 2.37. The van der Waals surface area contributed by atoms with Gasteiger partial charge in [-0.05, 0) is 31.0 Å². The molecule has 7 nitrogen and oxygen atoms in total. The Kier molecular flexibility index (Phi) is 6.81. The van der Waals surface area contributed by atoms with Crippen LogP contribution in [0.3, 0.4) is 0 Å². The number of nitrogens with zero attached hydrogens (tertiary/aromatic N) is 2. The zero-order valence-electron chi connectivity index (χ0n) is 17.3. The first kappa shape index (κ1) is 23.5. The second kappa shape index (κ2) is 9.29. The Morgan fingerprint density at radius 2 is 1.62 bits per heavy atom. The first-order valence-corrected chi connectivity index (χ1v) is 12.5. The van der Waals surface area contributed by atoms with E-state index in [1.54, 1.807) is 35.2 Å². The SMILES string of the molecule is O=C(C1CN(S(=O)(=O)c2ccccc2Cl)CCO1)N1CCC(O)(c2ccccc2Cl)CC1. The molecular formula is C22H24Cl2N2O5S. The summed E-state index contributed by atoms with van der Waals surface area (Å²) >= 11 is 12.3. The van der Waals surface area contributed by atoms with E-state index >= 15 is 0 Å². The van der Waals surface area contributed by atoms with Gasteiger partial charge in [0.1, 0.15) is 11.0 Å². The summed E-state index contributed by atoms with van der Waals surface area (Å²) in [5.74, 6) is -0.287. The van der Waals surface area contributed by atoms with E-state index in [9.17, 15) is 18.3 Å². The average molecular weight is 499 g/mol. The molecule has 10 heteroatoms. The van der Waals surface area contributed by atoms with Crippen LogP contribution in [0.4, 0.5) is 0 Å². The number of hydrogen-bond acceptors (Lipinski definition) is 5. The normalized spacial score (nSPS) is 22.0. The lowest BCUT2D eigenvalue weighted by molar-refractivity contribution is -0.151. The second-order valence-electron chi connectivity index (χ2n) is 7.99. The molecule has 2 saturated heterocycles. The van der Waals surface area contributed by atoms with Crippen molar-refractivity contribution in [2.45, 2.75) is 29.4 Å². The fourth-order valence-electron chi connectivity index (χ4n) is 4.20. The van der Waals surface area contributed by atoms with Crippen LogP contribution in [0.2, 0.25) is 10.0 Å². The Labute approximate surface area is 197 Å². The van der Waals surface area contributed by atoms with E-state index in [-0.39, 0.29) is 35.5 Å². The van der Waals surface area contributed by atoms with Crippen LogP contribution in [0.5, 0.6) is 0 Å². The van der Waals surface area contributed by atoms with E-state index in [1.165, 1.54) is 16.4 Å². The van der Waals surface area contributed by atoms with E-state index in [4.69, 9.17) is 27.9 Å². The number of sulfonamides is 1. The molecule has 2 aromatic rings. The summed E-state index contributed by atoms with van der Waals surface area (Å²) in [5, 5.41) is 11.7. The smallest absolute Gasteiger partial charge is 0.253 e. The molecule has 1 N–H and O–H groups in total. The van der Waals surface area contributed by atoms with E-state index < -0.39 is 21.7 Å². The first-order valence-electron chi connectivity index (χ1n) is 10.3. The summed E-state index contributed by atoms with van der Waals surface area (Å²) in [7, 11) is -3.85. The molecule has 0 spiro atoms. The Balaban J connectivity index is 1.43. The zero-order chi connectivity index (χ0) is 22.9. The van der Waals surface area contributed by atoms with Gasteiger partial charge in [-0.15, -0.1) is 0 Å². The number of aliphatic hydroxyl groups is 1. The lowest BCUT2D eigenvalue weighted by Crippen LogP contribution is -2.55. The summed E-state index contributed by atoms with van der Waals surface area (Å²) in [6, 6.07) is 13.4. The number of rotatable bonds is 4. The maximum Gasteiger partial charge on any atom is 0.253 e. The zero-order valence-corrected chi connectivity index (χ0v) is 19.6. The fraction of sp³-hybridized carbons (Fsp3) is 0.409. The molecule has 0 aromatic heterocycles. The molecule has 32 heavy (non-hydrogen) atoms. The van der Waals surface area contributed by atoms with Gasteiger partial charge in [-0.2, -0.15) is 4.31 Å². The number of carbonyl (C=O) groups is 1. The van der Waals surface area contributed by atoms with Crippen LogP contribution in [0, 0.1) is 0 Å². The number of hydrogen-bond donors (Lipinski definition) is 1. The molecule has 2 fully saturated rings. The number of piperidine rings is 1. The van der Waals surface area contributed by atoms with E-state index in [0.29, 0.717) is 36.5 Å². The molecule has 0 bridgehead atoms. The van der Waals surface area contributed by atoms with Gasteiger partial charge in [0.15, 0.2) is 0 Å². The molecule has 2 aromatic carbocycles. The molecule has 1 atom stereocenters. The molecule has 1 amide bonds. The van der Waals surface area contributed by atoms with Crippen molar-refractivity contribution in [3.8, 4) is 0 Å². The lowest BCUT2D eigenvalue weighted by atomic mass is 9.84. The predicted octanol–water partition coefficient (Wildman–Crippen LogP) is 2.89. The Bertz CT molecular complexity index is 1100. The van der Waals surface area contributed by atoms with Crippen molar-refractivity contribution in [2.24, 2.45) is 0 Å². The number of ether oxygens (including phenoxy) is 1. The van der Waals surface area contributed by atoms with Gasteiger partial charge in [0, 0.05) is 36.8 Å². The maximum atomic E-state index is 13.1. The monoisotopic (exact) mass is 498 g/mol. The number of morpholine rings is 1. The summed E-state index contributed by atoms with van der Waals surface area (Å²) in [6.07, 6.45) is -0.249. The van der Waals surface area contributed by atoms with Crippen LogP contribution in [-0.4, -0.2) is 67.5 Å². The van der Waals surface area contributed by atoms with Gasteiger partial charge in [0.2, 0.25) is 10.0 Å². The van der Waals surface area contributed by atoms with Crippen LogP contribution in [0.1, 0.15) is 18.4 Å². The number of likely N-dealkylation sites (tertiary alicyclic amines) is 1. The standard InChI is InChI=1S/C22H24Cl2N2O5S/c23-17-6-2-1-5-16(17)22(28)9-11-25(12-10-22)21(27)19-15-26(13-14-31-19)32(29,30)20-8-4-3-7-18(20)24/h1-8,19,28H,9-15H2. The van der Waals surface area contributed by atoms with Gasteiger partial charge in [-0.1, -0.05) is 53.5 Å². The largest absolute Gasteiger partial charge is 0.385 e. The molecule has 2 aliphatic heterocycles. The third kappa shape index (κ3) is 4.53. The molecule has 4 rings (SSSR count). The van der Waals surface area contributed by atoms with E-state index in [2.05, 4.69) is 0 Å².